The van der Waals surface area contributed by atoms with Crippen LogP contribution in [0.5, 0.6) is 0 Å². The van der Waals surface area contributed by atoms with Gasteiger partial charge in [0.25, 0.3) is 5.91 Å². The van der Waals surface area contributed by atoms with Gasteiger partial charge < -0.3 is 14.8 Å². The van der Waals surface area contributed by atoms with Crippen molar-refractivity contribution in [2.24, 2.45) is 0 Å². The van der Waals surface area contributed by atoms with Gasteiger partial charge in [0, 0.05) is 27.0 Å². The van der Waals surface area contributed by atoms with E-state index in [0.717, 1.165) is 0 Å². The minimum Gasteiger partial charge on any atom is -0.382 e. The predicted molar refractivity (Wildman–Crippen MR) is 66.9 cm³/mol. The van der Waals surface area contributed by atoms with Crippen LogP contribution in [0.3, 0.4) is 0 Å². The third-order valence-electron chi connectivity index (χ3n) is 2.17. The molecule has 0 fully saturated rings. The highest BCUT2D eigenvalue weighted by molar-refractivity contribution is 9.10. The zero-order chi connectivity index (χ0) is 12.7. The Bertz CT molecular complexity index is 356. The summed E-state index contributed by atoms with van der Waals surface area (Å²) in [7, 11) is 3.17. The Hall–Kier alpha value is -0.980. The number of methoxy groups -OCH3 is 2. The lowest BCUT2D eigenvalue weighted by molar-refractivity contribution is 0.0285. The minimum atomic E-state index is -0.178. The zero-order valence-corrected chi connectivity index (χ0v) is 11.4. The van der Waals surface area contributed by atoms with E-state index in [-0.39, 0.29) is 12.0 Å². The Morgan fingerprint density at radius 1 is 1.53 bits per heavy atom. The maximum atomic E-state index is 11.7. The van der Waals surface area contributed by atoms with E-state index in [4.69, 9.17) is 9.47 Å². The van der Waals surface area contributed by atoms with Gasteiger partial charge in [0.1, 0.15) is 4.60 Å². The molecule has 6 heteroatoms. The van der Waals surface area contributed by atoms with Crippen LogP contribution in [0.4, 0.5) is 0 Å². The van der Waals surface area contributed by atoms with Crippen LogP contribution in [0.2, 0.25) is 0 Å². The van der Waals surface area contributed by atoms with Crippen molar-refractivity contribution >= 4 is 21.8 Å². The van der Waals surface area contributed by atoms with Crippen LogP contribution in [0, 0.1) is 0 Å². The molecule has 1 atom stereocenters. The molecule has 94 valence electrons. The summed E-state index contributed by atoms with van der Waals surface area (Å²) in [5.41, 5.74) is 0.514. The number of aromatic nitrogens is 1. The molecule has 0 saturated heterocycles. The first kappa shape index (κ1) is 14.1. The van der Waals surface area contributed by atoms with Gasteiger partial charge in [0.05, 0.1) is 18.3 Å². The molecule has 1 heterocycles. The summed E-state index contributed by atoms with van der Waals surface area (Å²) < 4.78 is 10.8. The molecule has 0 radical (unpaired) electrons. The Balaban J connectivity index is 2.46. The molecule has 0 aliphatic heterocycles. The summed E-state index contributed by atoms with van der Waals surface area (Å²) in [6.45, 7) is 0.842. The smallest absolute Gasteiger partial charge is 0.252 e. The van der Waals surface area contributed by atoms with Gasteiger partial charge >= 0.3 is 0 Å². The van der Waals surface area contributed by atoms with E-state index < -0.39 is 0 Å². The molecular formula is C11H15BrN2O3. The van der Waals surface area contributed by atoms with Crippen LogP contribution in [-0.4, -0.2) is 44.4 Å². The van der Waals surface area contributed by atoms with Gasteiger partial charge in [-0.25, -0.2) is 4.98 Å². The van der Waals surface area contributed by atoms with Crippen LogP contribution < -0.4 is 5.32 Å². The summed E-state index contributed by atoms with van der Waals surface area (Å²) in [6.07, 6.45) is 1.37. The highest BCUT2D eigenvalue weighted by Gasteiger charge is 2.10. The molecule has 0 saturated carbocycles. The van der Waals surface area contributed by atoms with Gasteiger partial charge in [-0.1, -0.05) is 0 Å². The van der Waals surface area contributed by atoms with Crippen molar-refractivity contribution in [1.82, 2.24) is 10.3 Å². The van der Waals surface area contributed by atoms with E-state index in [1.807, 2.05) is 0 Å². The molecule has 0 aliphatic carbocycles. The van der Waals surface area contributed by atoms with Crippen LogP contribution >= 0.6 is 15.9 Å². The van der Waals surface area contributed by atoms with Crippen molar-refractivity contribution in [2.75, 3.05) is 27.4 Å². The number of carbonyl (C=O) groups excluding carboxylic acids is 1. The fourth-order valence-corrected chi connectivity index (χ4v) is 1.45. The van der Waals surface area contributed by atoms with Gasteiger partial charge in [-0.2, -0.15) is 0 Å². The van der Waals surface area contributed by atoms with E-state index in [1.165, 1.54) is 6.20 Å². The molecule has 1 N–H and O–H groups in total. The maximum absolute atomic E-state index is 11.7. The summed E-state index contributed by atoms with van der Waals surface area (Å²) in [5, 5.41) is 2.75. The zero-order valence-electron chi connectivity index (χ0n) is 9.77. The largest absolute Gasteiger partial charge is 0.382 e. The highest BCUT2D eigenvalue weighted by Crippen LogP contribution is 2.06. The lowest BCUT2D eigenvalue weighted by atomic mass is 10.2. The maximum Gasteiger partial charge on any atom is 0.252 e. The van der Waals surface area contributed by atoms with E-state index in [2.05, 4.69) is 26.2 Å². The standard InChI is InChI=1S/C11H15BrN2O3/c1-16-7-9(17-2)6-14-11(15)8-3-4-10(12)13-5-8/h3-5,9H,6-7H2,1-2H3,(H,14,15). The summed E-state index contributed by atoms with van der Waals surface area (Å²) in [6, 6.07) is 3.42. The monoisotopic (exact) mass is 302 g/mol. The number of hydrogen-bond donors (Lipinski definition) is 1. The summed E-state index contributed by atoms with van der Waals surface area (Å²) in [5.74, 6) is -0.178. The Morgan fingerprint density at radius 3 is 2.82 bits per heavy atom. The molecular weight excluding hydrogens is 288 g/mol. The number of amides is 1. The fourth-order valence-electron chi connectivity index (χ4n) is 1.21. The van der Waals surface area contributed by atoms with E-state index in [0.29, 0.717) is 23.3 Å². The average Bonchev–Trinajstić information content (AvgIpc) is 2.35. The number of rotatable bonds is 6. The number of nitrogens with zero attached hydrogens (tertiary/aromatic N) is 1. The van der Waals surface area contributed by atoms with Crippen LogP contribution in [0.1, 0.15) is 10.4 Å². The average molecular weight is 303 g/mol. The first-order chi connectivity index (χ1) is 8.17. The van der Waals surface area contributed by atoms with Crippen molar-refractivity contribution in [3.05, 3.63) is 28.5 Å². The van der Waals surface area contributed by atoms with Gasteiger partial charge in [0.15, 0.2) is 0 Å². The van der Waals surface area contributed by atoms with Crippen molar-refractivity contribution in [2.45, 2.75) is 6.10 Å². The molecule has 0 aliphatic rings. The van der Waals surface area contributed by atoms with Gasteiger partial charge in [-0.15, -0.1) is 0 Å². The van der Waals surface area contributed by atoms with Crippen molar-refractivity contribution in [3.63, 3.8) is 0 Å². The predicted octanol–water partition coefficient (Wildman–Crippen LogP) is 1.24. The third-order valence-corrected chi connectivity index (χ3v) is 2.63. The van der Waals surface area contributed by atoms with E-state index >= 15 is 0 Å². The fraction of sp³-hybridized carbons (Fsp3) is 0.455. The Labute approximate surface area is 109 Å². The minimum absolute atomic E-state index is 0.146. The molecule has 0 bridgehead atoms. The van der Waals surface area contributed by atoms with Gasteiger partial charge in [-0.3, -0.25) is 4.79 Å². The number of carbonyl (C=O) groups is 1. The second-order valence-corrected chi connectivity index (χ2v) is 4.21. The quantitative estimate of drug-likeness (QED) is 0.803. The Kier molecular flexibility index (Phi) is 6.10. The molecule has 1 aromatic rings. The number of halogens is 1. The number of pyridine rings is 1. The molecule has 1 aromatic heterocycles. The van der Waals surface area contributed by atoms with E-state index in [9.17, 15) is 4.79 Å². The second kappa shape index (κ2) is 7.37. The summed E-state index contributed by atoms with van der Waals surface area (Å²) >= 11 is 3.21. The molecule has 1 unspecified atom stereocenters. The topological polar surface area (TPSA) is 60.5 Å². The normalized spacial score (nSPS) is 12.2. The van der Waals surface area contributed by atoms with Gasteiger partial charge in [0.2, 0.25) is 0 Å². The van der Waals surface area contributed by atoms with Crippen LogP contribution in [0.15, 0.2) is 22.9 Å². The number of nitrogens with one attached hydrogen (secondary N) is 1. The molecule has 1 rings (SSSR count). The highest BCUT2D eigenvalue weighted by atomic mass is 79.9. The van der Waals surface area contributed by atoms with Crippen LogP contribution in [0.25, 0.3) is 0 Å². The molecule has 5 nitrogen and oxygen atoms in total. The Morgan fingerprint density at radius 2 is 2.29 bits per heavy atom. The first-order valence-corrected chi connectivity index (χ1v) is 5.88. The molecule has 0 spiro atoms. The lowest BCUT2D eigenvalue weighted by Gasteiger charge is -2.14. The van der Waals surface area contributed by atoms with Crippen LogP contribution in [-0.2, 0) is 9.47 Å². The molecule has 17 heavy (non-hydrogen) atoms. The van der Waals surface area contributed by atoms with Crippen molar-refractivity contribution in [3.8, 4) is 0 Å². The van der Waals surface area contributed by atoms with Crippen molar-refractivity contribution < 1.29 is 14.3 Å². The SMILES string of the molecule is COCC(CNC(=O)c1ccc(Br)nc1)OC. The summed E-state index contributed by atoms with van der Waals surface area (Å²) in [4.78, 5) is 15.7. The van der Waals surface area contributed by atoms with E-state index in [1.54, 1.807) is 26.4 Å². The number of hydrogen-bond acceptors (Lipinski definition) is 4. The molecule has 0 aromatic carbocycles. The third kappa shape index (κ3) is 4.80. The lowest BCUT2D eigenvalue weighted by Crippen LogP contribution is -2.35. The van der Waals surface area contributed by atoms with Crippen molar-refractivity contribution in [1.29, 1.82) is 0 Å². The van der Waals surface area contributed by atoms with Gasteiger partial charge in [-0.05, 0) is 28.1 Å². The number of ether oxygens (including phenoxy) is 2. The molecule has 1 amide bonds. The second-order valence-electron chi connectivity index (χ2n) is 3.39. The first-order valence-electron chi connectivity index (χ1n) is 5.09.